The van der Waals surface area contributed by atoms with Crippen molar-refractivity contribution < 1.29 is 22.4 Å². The number of benzene rings is 2. The van der Waals surface area contributed by atoms with Gasteiger partial charge in [-0.25, -0.2) is 9.07 Å². The Morgan fingerprint density at radius 3 is 2.50 bits per heavy atom. The Kier molecular flexibility index (Phi) is 7.04. The van der Waals surface area contributed by atoms with Crippen LogP contribution in [0.15, 0.2) is 54.7 Å². The second kappa shape index (κ2) is 9.53. The number of hydrogen-bond donors (Lipinski definition) is 1. The Labute approximate surface area is 179 Å². The van der Waals surface area contributed by atoms with Gasteiger partial charge in [-0.05, 0) is 35.9 Å². The summed E-state index contributed by atoms with van der Waals surface area (Å²) in [6.45, 7) is 0.126. The van der Waals surface area contributed by atoms with E-state index >= 15 is 0 Å². The molecule has 0 fully saturated rings. The lowest BCUT2D eigenvalue weighted by Gasteiger charge is -2.13. The van der Waals surface area contributed by atoms with Crippen LogP contribution in [0.1, 0.15) is 21.6 Å². The van der Waals surface area contributed by atoms with Crippen LogP contribution in [0.5, 0.6) is 0 Å². The first-order chi connectivity index (χ1) is 14.3. The third kappa shape index (κ3) is 5.34. The number of thioether (sulfide) groups is 1. The van der Waals surface area contributed by atoms with Crippen molar-refractivity contribution in [3.8, 4) is 5.69 Å². The van der Waals surface area contributed by atoms with Gasteiger partial charge in [0.25, 0.3) is 5.91 Å². The molecular formula is C20H16ClF4N3OS. The highest BCUT2D eigenvalue weighted by Gasteiger charge is 2.40. The normalized spacial score (nSPS) is 11.5. The van der Waals surface area contributed by atoms with E-state index in [9.17, 15) is 22.4 Å². The summed E-state index contributed by atoms with van der Waals surface area (Å²) in [5.74, 6) is -0.398. The average Bonchev–Trinajstić information content (AvgIpc) is 3.15. The summed E-state index contributed by atoms with van der Waals surface area (Å²) >= 11 is 7.14. The van der Waals surface area contributed by atoms with Crippen LogP contribution in [0.4, 0.5) is 17.6 Å². The molecule has 0 aliphatic heterocycles. The zero-order valence-corrected chi connectivity index (χ0v) is 17.0. The number of aromatic nitrogens is 2. The standard InChI is InChI=1S/C20H16ClF4N3OS/c21-14-5-7-15(8-6-14)28-18(20(23,24)25)16(11-27-28)19(29)26-9-10-30-12-13-3-1-2-4-17(13)22/h1-8,11H,9-10,12H2,(H,26,29). The predicted octanol–water partition coefficient (Wildman–Crippen LogP) is 5.35. The topological polar surface area (TPSA) is 46.9 Å². The van der Waals surface area contributed by atoms with Gasteiger partial charge in [-0.3, -0.25) is 4.79 Å². The Bertz CT molecular complexity index is 1020. The molecule has 0 aliphatic carbocycles. The van der Waals surface area contributed by atoms with Crippen molar-refractivity contribution >= 4 is 29.3 Å². The second-order valence-corrected chi connectivity index (χ2v) is 7.73. The maximum atomic E-state index is 13.6. The van der Waals surface area contributed by atoms with Crippen LogP contribution in [0.25, 0.3) is 5.69 Å². The van der Waals surface area contributed by atoms with Crippen LogP contribution < -0.4 is 5.32 Å². The molecule has 4 nitrogen and oxygen atoms in total. The zero-order valence-electron chi connectivity index (χ0n) is 15.4. The molecule has 1 aromatic heterocycles. The van der Waals surface area contributed by atoms with Crippen LogP contribution in [-0.2, 0) is 11.9 Å². The molecule has 30 heavy (non-hydrogen) atoms. The van der Waals surface area contributed by atoms with Gasteiger partial charge in [0.05, 0.1) is 17.4 Å². The molecule has 0 atom stereocenters. The summed E-state index contributed by atoms with van der Waals surface area (Å²) in [7, 11) is 0. The SMILES string of the molecule is O=C(NCCSCc1ccccc1F)c1cnn(-c2ccc(Cl)cc2)c1C(F)(F)F. The van der Waals surface area contributed by atoms with Crippen molar-refractivity contribution in [2.75, 3.05) is 12.3 Å². The molecule has 0 unspecified atom stereocenters. The van der Waals surface area contributed by atoms with Gasteiger partial charge in [-0.1, -0.05) is 29.8 Å². The largest absolute Gasteiger partial charge is 0.434 e. The van der Waals surface area contributed by atoms with Gasteiger partial charge in [-0.15, -0.1) is 0 Å². The fraction of sp³-hybridized carbons (Fsp3) is 0.200. The maximum absolute atomic E-state index is 13.6. The average molecular weight is 458 g/mol. The number of carbonyl (C=O) groups excluding carboxylic acids is 1. The maximum Gasteiger partial charge on any atom is 0.434 e. The second-order valence-electron chi connectivity index (χ2n) is 6.19. The van der Waals surface area contributed by atoms with Crippen molar-refractivity contribution in [2.45, 2.75) is 11.9 Å². The minimum Gasteiger partial charge on any atom is -0.351 e. The first-order valence-electron chi connectivity index (χ1n) is 8.78. The van der Waals surface area contributed by atoms with E-state index in [0.29, 0.717) is 26.8 Å². The fourth-order valence-corrected chi connectivity index (χ4v) is 3.67. The third-order valence-corrected chi connectivity index (χ3v) is 5.36. The Balaban J connectivity index is 1.65. The number of nitrogens with one attached hydrogen (secondary N) is 1. The Hall–Kier alpha value is -2.52. The number of amides is 1. The lowest BCUT2D eigenvalue weighted by Crippen LogP contribution is -2.28. The number of rotatable bonds is 7. The molecular weight excluding hydrogens is 442 g/mol. The predicted molar refractivity (Wildman–Crippen MR) is 108 cm³/mol. The summed E-state index contributed by atoms with van der Waals surface area (Å²) in [6, 6.07) is 12.0. The third-order valence-electron chi connectivity index (χ3n) is 4.10. The molecule has 10 heteroatoms. The van der Waals surface area contributed by atoms with Crippen LogP contribution >= 0.6 is 23.4 Å². The number of carbonyl (C=O) groups is 1. The van der Waals surface area contributed by atoms with Crippen LogP contribution in [0, 0.1) is 5.82 Å². The van der Waals surface area contributed by atoms with Gasteiger partial charge >= 0.3 is 6.18 Å². The number of nitrogens with zero attached hydrogens (tertiary/aromatic N) is 2. The minimum atomic E-state index is -4.79. The van der Waals surface area contributed by atoms with Gasteiger partial charge in [0, 0.05) is 23.1 Å². The first-order valence-corrected chi connectivity index (χ1v) is 10.3. The monoisotopic (exact) mass is 457 g/mol. The van der Waals surface area contributed by atoms with Gasteiger partial charge in [0.1, 0.15) is 5.82 Å². The first kappa shape index (κ1) is 22.2. The molecule has 0 bridgehead atoms. The lowest BCUT2D eigenvalue weighted by atomic mass is 10.2. The van der Waals surface area contributed by atoms with Gasteiger partial charge < -0.3 is 5.32 Å². The highest BCUT2D eigenvalue weighted by atomic mass is 35.5. The van der Waals surface area contributed by atoms with Crippen LogP contribution in [-0.4, -0.2) is 28.0 Å². The molecule has 3 rings (SSSR count). The molecule has 2 aromatic carbocycles. The van der Waals surface area contributed by atoms with Crippen molar-refractivity contribution in [1.82, 2.24) is 15.1 Å². The molecule has 3 aromatic rings. The van der Waals surface area contributed by atoms with Crippen molar-refractivity contribution in [3.05, 3.63) is 82.4 Å². The molecule has 0 spiro atoms. The van der Waals surface area contributed by atoms with E-state index in [1.165, 1.54) is 42.1 Å². The molecule has 1 N–H and O–H groups in total. The summed E-state index contributed by atoms with van der Waals surface area (Å²) in [5.41, 5.74) is -1.08. The van der Waals surface area contributed by atoms with E-state index in [0.717, 1.165) is 6.20 Å². The molecule has 0 saturated carbocycles. The highest BCUT2D eigenvalue weighted by Crippen LogP contribution is 2.33. The van der Waals surface area contributed by atoms with E-state index in [4.69, 9.17) is 11.6 Å². The van der Waals surface area contributed by atoms with Gasteiger partial charge in [-0.2, -0.15) is 30.0 Å². The molecule has 1 amide bonds. The van der Waals surface area contributed by atoms with Crippen molar-refractivity contribution in [2.24, 2.45) is 0 Å². The fourth-order valence-electron chi connectivity index (χ4n) is 2.69. The minimum absolute atomic E-state index is 0.126. The van der Waals surface area contributed by atoms with E-state index in [1.54, 1.807) is 18.2 Å². The summed E-state index contributed by atoms with van der Waals surface area (Å²) in [5, 5.41) is 6.57. The highest BCUT2D eigenvalue weighted by molar-refractivity contribution is 7.98. The summed E-state index contributed by atoms with van der Waals surface area (Å²) in [4.78, 5) is 12.3. The molecule has 158 valence electrons. The van der Waals surface area contributed by atoms with E-state index in [1.807, 2.05) is 0 Å². The van der Waals surface area contributed by atoms with Crippen LogP contribution in [0.2, 0.25) is 5.02 Å². The summed E-state index contributed by atoms with van der Waals surface area (Å²) in [6.07, 6.45) is -3.90. The molecule has 0 saturated heterocycles. The van der Waals surface area contributed by atoms with Crippen molar-refractivity contribution in [3.63, 3.8) is 0 Å². The zero-order chi connectivity index (χ0) is 21.7. The van der Waals surface area contributed by atoms with E-state index < -0.39 is 23.3 Å². The molecule has 1 heterocycles. The summed E-state index contributed by atoms with van der Waals surface area (Å²) < 4.78 is 55.1. The van der Waals surface area contributed by atoms with Gasteiger partial charge in [0.15, 0.2) is 5.69 Å². The van der Waals surface area contributed by atoms with Crippen LogP contribution in [0.3, 0.4) is 0 Å². The van der Waals surface area contributed by atoms with E-state index in [-0.39, 0.29) is 18.0 Å². The lowest BCUT2D eigenvalue weighted by molar-refractivity contribution is -0.143. The quantitative estimate of drug-likeness (QED) is 0.384. The molecule has 0 aliphatic rings. The number of halogens is 5. The Morgan fingerprint density at radius 1 is 1.13 bits per heavy atom. The van der Waals surface area contributed by atoms with E-state index in [2.05, 4.69) is 10.4 Å². The number of hydrogen-bond acceptors (Lipinski definition) is 3. The molecule has 0 radical (unpaired) electrons. The number of alkyl halides is 3. The smallest absolute Gasteiger partial charge is 0.351 e. The van der Waals surface area contributed by atoms with Crippen molar-refractivity contribution in [1.29, 1.82) is 0 Å². The Morgan fingerprint density at radius 2 is 1.83 bits per heavy atom. The van der Waals surface area contributed by atoms with Gasteiger partial charge in [0.2, 0.25) is 0 Å².